The SMILES string of the molecule is CO/N=C1\C[C@@H](CCC(=O)Nc2ncc(C)s2)C2C3CCc4cc(O)ccc4C3CC[C@]12C. The molecular formula is C26H33N3O3S. The van der Waals surface area contributed by atoms with E-state index in [0.29, 0.717) is 41.0 Å². The Morgan fingerprint density at radius 1 is 1.39 bits per heavy atom. The van der Waals surface area contributed by atoms with Crippen LogP contribution in [-0.2, 0) is 16.1 Å². The Kier molecular flexibility index (Phi) is 5.93. The summed E-state index contributed by atoms with van der Waals surface area (Å²) in [6.07, 6.45) is 8.40. The first-order valence-corrected chi connectivity index (χ1v) is 12.8. The van der Waals surface area contributed by atoms with E-state index in [1.54, 1.807) is 13.3 Å². The van der Waals surface area contributed by atoms with Gasteiger partial charge in [0, 0.05) is 22.9 Å². The van der Waals surface area contributed by atoms with Gasteiger partial charge in [-0.1, -0.05) is 18.1 Å². The van der Waals surface area contributed by atoms with E-state index in [2.05, 4.69) is 28.4 Å². The zero-order valence-corrected chi connectivity index (χ0v) is 20.5. The van der Waals surface area contributed by atoms with Gasteiger partial charge in [0.15, 0.2) is 5.13 Å². The minimum absolute atomic E-state index is 0.0269. The molecule has 0 spiro atoms. The number of anilines is 1. The number of nitrogens with zero attached hydrogens (tertiary/aromatic N) is 2. The van der Waals surface area contributed by atoms with Crippen molar-refractivity contribution in [2.24, 2.45) is 28.3 Å². The summed E-state index contributed by atoms with van der Waals surface area (Å²) >= 11 is 1.51. The summed E-state index contributed by atoms with van der Waals surface area (Å²) in [5.74, 6) is 2.40. The van der Waals surface area contributed by atoms with Crippen LogP contribution in [0.15, 0.2) is 29.6 Å². The maximum atomic E-state index is 12.7. The molecule has 2 fully saturated rings. The molecule has 6 nitrogen and oxygen atoms in total. The minimum atomic E-state index is 0.0269. The monoisotopic (exact) mass is 467 g/mol. The van der Waals surface area contributed by atoms with E-state index < -0.39 is 0 Å². The number of aromatic hydroxyl groups is 1. The molecule has 3 aliphatic rings. The van der Waals surface area contributed by atoms with Gasteiger partial charge in [0.2, 0.25) is 5.91 Å². The van der Waals surface area contributed by atoms with Crippen LogP contribution in [0.5, 0.6) is 5.75 Å². The normalized spacial score (nSPS) is 31.5. The molecule has 5 atom stereocenters. The van der Waals surface area contributed by atoms with Gasteiger partial charge in [-0.3, -0.25) is 4.79 Å². The van der Waals surface area contributed by atoms with Crippen LogP contribution in [-0.4, -0.2) is 28.8 Å². The first-order chi connectivity index (χ1) is 15.9. The van der Waals surface area contributed by atoms with Gasteiger partial charge < -0.3 is 15.3 Å². The number of benzene rings is 1. The lowest BCUT2D eigenvalue weighted by atomic mass is 9.54. The standard InChI is InChI=1S/C26H33N3O3S/c1-15-14-27-25(33-15)28-23(31)9-5-17-13-22(29-32-3)26(2)11-10-20-19-8-6-18(30)12-16(19)4-7-21(20)24(17)26/h6,8,12,14,17,20-21,24,30H,4-5,7,9-11,13H2,1-3H3,(H,27,28,31)/b29-22+/t17-,20?,21?,24?,26-/m1/s1. The number of hydrogen-bond acceptors (Lipinski definition) is 6. The molecule has 33 heavy (non-hydrogen) atoms. The Bertz CT molecular complexity index is 1080. The molecule has 7 heteroatoms. The molecule has 1 amide bonds. The Morgan fingerprint density at radius 2 is 2.24 bits per heavy atom. The van der Waals surface area contributed by atoms with Crippen molar-refractivity contribution >= 4 is 28.1 Å². The van der Waals surface area contributed by atoms with Crippen LogP contribution < -0.4 is 5.32 Å². The van der Waals surface area contributed by atoms with E-state index >= 15 is 0 Å². The molecule has 5 rings (SSSR count). The van der Waals surface area contributed by atoms with Gasteiger partial charge in [-0.2, -0.15) is 0 Å². The fraction of sp³-hybridized carbons (Fsp3) is 0.577. The maximum Gasteiger partial charge on any atom is 0.226 e. The van der Waals surface area contributed by atoms with Crippen molar-refractivity contribution in [1.82, 2.24) is 4.98 Å². The van der Waals surface area contributed by atoms with Gasteiger partial charge >= 0.3 is 0 Å². The second kappa shape index (κ2) is 8.75. The number of aromatic nitrogens is 1. The summed E-state index contributed by atoms with van der Waals surface area (Å²) in [6, 6.07) is 5.93. The fourth-order valence-electron chi connectivity index (χ4n) is 7.08. The van der Waals surface area contributed by atoms with Crippen molar-refractivity contribution in [1.29, 1.82) is 0 Å². The third-order valence-electron chi connectivity index (χ3n) is 8.40. The largest absolute Gasteiger partial charge is 0.508 e. The maximum absolute atomic E-state index is 12.7. The molecule has 3 unspecified atom stereocenters. The minimum Gasteiger partial charge on any atom is -0.508 e. The highest BCUT2D eigenvalue weighted by Gasteiger charge is 2.57. The van der Waals surface area contributed by atoms with E-state index in [4.69, 9.17) is 4.84 Å². The third kappa shape index (κ3) is 4.05. The predicted octanol–water partition coefficient (Wildman–Crippen LogP) is 5.66. The molecule has 2 aromatic rings. The zero-order chi connectivity index (χ0) is 23.2. The quantitative estimate of drug-likeness (QED) is 0.556. The number of phenols is 1. The van der Waals surface area contributed by atoms with Crippen LogP contribution in [0.2, 0.25) is 0 Å². The lowest BCUT2D eigenvalue weighted by Gasteiger charge is -2.50. The molecular weight excluding hydrogens is 434 g/mol. The zero-order valence-electron chi connectivity index (χ0n) is 19.6. The van der Waals surface area contributed by atoms with Gasteiger partial charge in [0.1, 0.15) is 12.9 Å². The predicted molar refractivity (Wildman–Crippen MR) is 131 cm³/mol. The van der Waals surface area contributed by atoms with E-state index in [1.807, 2.05) is 19.1 Å². The van der Waals surface area contributed by atoms with Crippen molar-refractivity contribution in [3.63, 3.8) is 0 Å². The lowest BCUT2D eigenvalue weighted by molar-refractivity contribution is -0.116. The summed E-state index contributed by atoms with van der Waals surface area (Å²) in [7, 11) is 1.64. The topological polar surface area (TPSA) is 83.8 Å². The van der Waals surface area contributed by atoms with Crippen molar-refractivity contribution in [3.8, 4) is 5.75 Å². The van der Waals surface area contributed by atoms with E-state index in [0.717, 1.165) is 43.4 Å². The third-order valence-corrected chi connectivity index (χ3v) is 9.22. The van der Waals surface area contributed by atoms with E-state index in [-0.39, 0.29) is 11.3 Å². The summed E-state index contributed by atoms with van der Waals surface area (Å²) in [5.41, 5.74) is 3.92. The van der Waals surface area contributed by atoms with Gasteiger partial charge in [-0.25, -0.2) is 4.98 Å². The number of amides is 1. The van der Waals surface area contributed by atoms with E-state index in [9.17, 15) is 9.90 Å². The van der Waals surface area contributed by atoms with Gasteiger partial charge in [-0.15, -0.1) is 11.3 Å². The molecule has 0 radical (unpaired) electrons. The number of carbonyl (C=O) groups excluding carboxylic acids is 1. The summed E-state index contributed by atoms with van der Waals surface area (Å²) in [6.45, 7) is 4.36. The number of nitrogens with one attached hydrogen (secondary N) is 1. The highest BCUT2D eigenvalue weighted by Crippen LogP contribution is 2.62. The number of oxime groups is 1. The average molecular weight is 468 g/mol. The lowest BCUT2D eigenvalue weighted by Crippen LogP contribution is -2.44. The molecule has 0 aliphatic heterocycles. The number of aryl methyl sites for hydroxylation is 2. The van der Waals surface area contributed by atoms with Crippen molar-refractivity contribution < 1.29 is 14.7 Å². The Hall–Kier alpha value is -2.41. The molecule has 1 aromatic heterocycles. The number of carbonyl (C=O) groups is 1. The summed E-state index contributed by atoms with van der Waals surface area (Å²) in [5, 5.41) is 18.1. The van der Waals surface area contributed by atoms with Crippen LogP contribution in [0.25, 0.3) is 0 Å². The average Bonchev–Trinajstić information content (AvgIpc) is 3.32. The van der Waals surface area contributed by atoms with Crippen LogP contribution in [0.1, 0.15) is 67.4 Å². The fourth-order valence-corrected chi connectivity index (χ4v) is 7.76. The van der Waals surface area contributed by atoms with E-state index in [1.165, 1.54) is 28.2 Å². The molecule has 3 aliphatic carbocycles. The van der Waals surface area contributed by atoms with Gasteiger partial charge in [0.05, 0.1) is 5.71 Å². The van der Waals surface area contributed by atoms with Crippen LogP contribution in [0.3, 0.4) is 0 Å². The number of rotatable bonds is 5. The number of thiazole rings is 1. The Balaban J connectivity index is 1.37. The molecule has 2 N–H and O–H groups in total. The number of fused-ring (bicyclic) bond motifs is 5. The molecule has 1 aromatic carbocycles. The first kappa shape index (κ1) is 22.4. The Labute approximate surface area is 199 Å². The molecule has 176 valence electrons. The van der Waals surface area contributed by atoms with Crippen LogP contribution >= 0.6 is 11.3 Å². The highest BCUT2D eigenvalue weighted by atomic mass is 32.1. The van der Waals surface area contributed by atoms with Crippen molar-refractivity contribution in [2.75, 3.05) is 12.4 Å². The van der Waals surface area contributed by atoms with Gasteiger partial charge in [-0.05, 0) is 92.4 Å². The summed E-state index contributed by atoms with van der Waals surface area (Å²) < 4.78 is 0. The smallest absolute Gasteiger partial charge is 0.226 e. The van der Waals surface area contributed by atoms with Crippen molar-refractivity contribution in [3.05, 3.63) is 40.4 Å². The second-order valence-corrected chi connectivity index (χ2v) is 11.5. The second-order valence-electron chi connectivity index (χ2n) is 10.2. The molecule has 2 saturated carbocycles. The molecule has 0 saturated heterocycles. The van der Waals surface area contributed by atoms with Crippen LogP contribution in [0.4, 0.5) is 5.13 Å². The van der Waals surface area contributed by atoms with Gasteiger partial charge in [0.25, 0.3) is 0 Å². The summed E-state index contributed by atoms with van der Waals surface area (Å²) in [4.78, 5) is 23.3. The highest BCUT2D eigenvalue weighted by molar-refractivity contribution is 7.15. The van der Waals surface area contributed by atoms with Crippen LogP contribution in [0, 0.1) is 30.1 Å². The number of phenolic OH excluding ortho intramolecular Hbond substituents is 1. The van der Waals surface area contributed by atoms with Crippen molar-refractivity contribution in [2.45, 2.75) is 64.7 Å². The molecule has 1 heterocycles. The number of hydrogen-bond donors (Lipinski definition) is 2. The first-order valence-electron chi connectivity index (χ1n) is 12.0. The molecule has 0 bridgehead atoms. The Morgan fingerprint density at radius 3 is 3.00 bits per heavy atom.